The molecule has 7 heteroatoms. The number of hydrogen-bond donors (Lipinski definition) is 2. The van der Waals surface area contributed by atoms with E-state index in [0.717, 1.165) is 18.6 Å². The zero-order valence-corrected chi connectivity index (χ0v) is 13.7. The number of para-hydroxylation sites is 1. The molecule has 0 saturated heterocycles. The van der Waals surface area contributed by atoms with Crippen LogP contribution in [0, 0.1) is 0 Å². The fourth-order valence-corrected chi connectivity index (χ4v) is 2.90. The minimum absolute atomic E-state index is 0.139. The average molecular weight is 341 g/mol. The number of anilines is 1. The van der Waals surface area contributed by atoms with Crippen LogP contribution in [0.25, 0.3) is 27.7 Å². The van der Waals surface area contributed by atoms with E-state index in [2.05, 4.69) is 9.97 Å². The lowest BCUT2D eigenvalue weighted by atomic mass is 9.88. The van der Waals surface area contributed by atoms with E-state index in [-0.39, 0.29) is 11.5 Å². The molecule has 2 aromatic carbocycles. The molecule has 0 fully saturated rings. The third-order valence-electron chi connectivity index (χ3n) is 4.15. The van der Waals surface area contributed by atoms with Crippen LogP contribution in [0.3, 0.4) is 0 Å². The summed E-state index contributed by atoms with van der Waals surface area (Å²) >= 11 is 0. The minimum Gasteiger partial charge on any atom is -0.450 e. The van der Waals surface area contributed by atoms with E-state index in [1.54, 1.807) is 42.7 Å². The molecule has 6 nitrogen and oxygen atoms in total. The van der Waals surface area contributed by atoms with Crippen molar-refractivity contribution in [1.82, 2.24) is 14.5 Å². The molecule has 4 rings (SSSR count). The zero-order chi connectivity index (χ0) is 18.1. The van der Waals surface area contributed by atoms with Crippen LogP contribution < -0.4 is 16.8 Å². The Kier molecular flexibility index (Phi) is 3.99. The number of nitrogens with two attached hydrogens (primary N) is 1. The van der Waals surface area contributed by atoms with Crippen LogP contribution in [-0.2, 0) is 0 Å². The van der Waals surface area contributed by atoms with Gasteiger partial charge in [-0.25, -0.2) is 9.55 Å². The van der Waals surface area contributed by atoms with Crippen molar-refractivity contribution in [3.05, 3.63) is 77.3 Å². The van der Waals surface area contributed by atoms with E-state index < -0.39 is 0 Å². The van der Waals surface area contributed by atoms with Crippen LogP contribution in [0.1, 0.15) is 0 Å². The number of nitrogen functional groups attached to an aromatic ring is 1. The van der Waals surface area contributed by atoms with Crippen LogP contribution in [0.5, 0.6) is 0 Å². The molecule has 0 amide bonds. The molecule has 2 heterocycles. The molecule has 1 radical (unpaired) electrons. The van der Waals surface area contributed by atoms with Crippen molar-refractivity contribution < 1.29 is 5.02 Å². The lowest BCUT2D eigenvalue weighted by molar-refractivity contribution is 0.615. The van der Waals surface area contributed by atoms with Gasteiger partial charge in [0.15, 0.2) is 0 Å². The van der Waals surface area contributed by atoms with Crippen molar-refractivity contribution in [2.45, 2.75) is 0 Å². The number of pyridine rings is 1. The summed E-state index contributed by atoms with van der Waals surface area (Å²) < 4.78 is 1.39. The van der Waals surface area contributed by atoms with Crippen molar-refractivity contribution in [3.63, 3.8) is 0 Å². The third-order valence-corrected chi connectivity index (χ3v) is 4.15. The molecule has 0 aliphatic heterocycles. The molecule has 2 aromatic heterocycles. The maximum atomic E-state index is 13.0. The standard InChI is InChI=1S/C19H14BN4O2/c21-19-23-17-7-6-12(13-8-14(20-26)11-22-10-13)9-16(17)18(25)24(19)15-4-2-1-3-5-15/h1-11,26H,(H2,21,23). The van der Waals surface area contributed by atoms with Gasteiger partial charge in [0.05, 0.1) is 16.6 Å². The molecule has 125 valence electrons. The highest BCUT2D eigenvalue weighted by molar-refractivity contribution is 6.45. The molecule has 0 aliphatic rings. The fraction of sp³-hybridized carbons (Fsp3) is 0. The summed E-state index contributed by atoms with van der Waals surface area (Å²) in [5.41, 5.74) is 9.14. The molecule has 0 unspecified atom stereocenters. The summed E-state index contributed by atoms with van der Waals surface area (Å²) in [5, 5.41) is 9.63. The van der Waals surface area contributed by atoms with Gasteiger partial charge in [-0.2, -0.15) is 0 Å². The molecule has 0 aliphatic carbocycles. The Morgan fingerprint density at radius 3 is 2.58 bits per heavy atom. The minimum atomic E-state index is -0.238. The number of benzene rings is 2. The highest BCUT2D eigenvalue weighted by Crippen LogP contribution is 2.22. The van der Waals surface area contributed by atoms with Gasteiger partial charge in [-0.05, 0) is 40.9 Å². The summed E-state index contributed by atoms with van der Waals surface area (Å²) in [6.45, 7) is 0. The van der Waals surface area contributed by atoms with Gasteiger partial charge < -0.3 is 10.8 Å². The Bertz CT molecular complexity index is 1160. The highest BCUT2D eigenvalue weighted by atomic mass is 16.2. The number of nitrogens with zero attached hydrogens (tertiary/aromatic N) is 3. The molecule has 0 saturated carbocycles. The summed E-state index contributed by atoms with van der Waals surface area (Å²) in [4.78, 5) is 21.5. The van der Waals surface area contributed by atoms with E-state index >= 15 is 0 Å². The number of rotatable bonds is 3. The summed E-state index contributed by atoms with van der Waals surface area (Å²) in [7, 11) is 0.988. The van der Waals surface area contributed by atoms with Gasteiger partial charge in [-0.1, -0.05) is 30.3 Å². The van der Waals surface area contributed by atoms with Gasteiger partial charge in [0.2, 0.25) is 5.95 Å². The highest BCUT2D eigenvalue weighted by Gasteiger charge is 2.12. The second-order valence-corrected chi connectivity index (χ2v) is 5.81. The lowest BCUT2D eigenvalue weighted by Gasteiger charge is -2.11. The van der Waals surface area contributed by atoms with Gasteiger partial charge in [0.1, 0.15) is 0 Å². The molecule has 0 bridgehead atoms. The molecule has 4 aromatic rings. The average Bonchev–Trinajstić information content (AvgIpc) is 2.69. The van der Waals surface area contributed by atoms with Gasteiger partial charge in [0, 0.05) is 12.4 Å². The first-order chi connectivity index (χ1) is 12.7. The SMILES string of the molecule is Nc1nc2ccc(-c3cncc([B]O)c3)cc2c(=O)n1-c1ccccc1. The Balaban J connectivity index is 1.94. The number of aromatic nitrogens is 3. The Morgan fingerprint density at radius 1 is 1.00 bits per heavy atom. The molecular formula is C19H14BN4O2. The van der Waals surface area contributed by atoms with Crippen molar-refractivity contribution >= 4 is 29.8 Å². The van der Waals surface area contributed by atoms with Crippen molar-refractivity contribution in [2.24, 2.45) is 0 Å². The Labute approximate surface area is 149 Å². The van der Waals surface area contributed by atoms with E-state index in [0.29, 0.717) is 22.1 Å². The molecular weight excluding hydrogens is 327 g/mol. The predicted octanol–water partition coefficient (Wildman–Crippen LogP) is 1.27. The summed E-state index contributed by atoms with van der Waals surface area (Å²) in [6, 6.07) is 16.3. The molecule has 3 N–H and O–H groups in total. The van der Waals surface area contributed by atoms with Crippen LogP contribution in [-0.4, -0.2) is 27.0 Å². The first kappa shape index (κ1) is 16.0. The monoisotopic (exact) mass is 341 g/mol. The first-order valence-corrected chi connectivity index (χ1v) is 7.98. The largest absolute Gasteiger partial charge is 0.450 e. The van der Waals surface area contributed by atoms with Crippen LogP contribution in [0.4, 0.5) is 5.95 Å². The maximum Gasteiger partial charge on any atom is 0.328 e. The normalized spacial score (nSPS) is 10.8. The van der Waals surface area contributed by atoms with E-state index in [1.807, 2.05) is 24.3 Å². The van der Waals surface area contributed by atoms with E-state index in [9.17, 15) is 9.82 Å². The Hall–Kier alpha value is -3.45. The van der Waals surface area contributed by atoms with Gasteiger partial charge in [0.25, 0.3) is 5.56 Å². The maximum absolute atomic E-state index is 13.0. The Morgan fingerprint density at radius 2 is 1.81 bits per heavy atom. The third kappa shape index (κ3) is 2.74. The number of hydrogen-bond acceptors (Lipinski definition) is 5. The van der Waals surface area contributed by atoms with Gasteiger partial charge in [-0.15, -0.1) is 0 Å². The van der Waals surface area contributed by atoms with Crippen LogP contribution in [0.15, 0.2) is 71.8 Å². The first-order valence-electron chi connectivity index (χ1n) is 7.98. The quantitative estimate of drug-likeness (QED) is 0.547. The zero-order valence-electron chi connectivity index (χ0n) is 13.7. The summed E-state index contributed by atoms with van der Waals surface area (Å²) in [6.07, 6.45) is 3.23. The van der Waals surface area contributed by atoms with Gasteiger partial charge >= 0.3 is 7.48 Å². The molecule has 26 heavy (non-hydrogen) atoms. The van der Waals surface area contributed by atoms with E-state index in [4.69, 9.17) is 5.73 Å². The second-order valence-electron chi connectivity index (χ2n) is 5.81. The lowest BCUT2D eigenvalue weighted by Crippen LogP contribution is -2.23. The smallest absolute Gasteiger partial charge is 0.328 e. The van der Waals surface area contributed by atoms with Crippen LogP contribution in [0.2, 0.25) is 0 Å². The molecule has 0 spiro atoms. The van der Waals surface area contributed by atoms with Gasteiger partial charge in [-0.3, -0.25) is 9.78 Å². The summed E-state index contributed by atoms with van der Waals surface area (Å²) in [5.74, 6) is 0.139. The number of fused-ring (bicyclic) bond motifs is 1. The van der Waals surface area contributed by atoms with E-state index in [1.165, 1.54) is 4.57 Å². The van der Waals surface area contributed by atoms with Crippen molar-refractivity contribution in [3.8, 4) is 16.8 Å². The van der Waals surface area contributed by atoms with Crippen LogP contribution >= 0.6 is 0 Å². The second kappa shape index (κ2) is 6.46. The topological polar surface area (TPSA) is 94.0 Å². The predicted molar refractivity (Wildman–Crippen MR) is 103 cm³/mol. The van der Waals surface area contributed by atoms with Crippen molar-refractivity contribution in [1.29, 1.82) is 0 Å². The molecule has 0 atom stereocenters. The van der Waals surface area contributed by atoms with Crippen molar-refractivity contribution in [2.75, 3.05) is 5.73 Å². The fourth-order valence-electron chi connectivity index (χ4n) is 2.90.